The molecule has 0 atom stereocenters. The molecule has 0 spiro atoms. The quantitative estimate of drug-likeness (QED) is 0.331. The first-order valence-corrected chi connectivity index (χ1v) is 4.11. The van der Waals surface area contributed by atoms with Gasteiger partial charge in [-0.05, 0) is 13.8 Å². The molecule has 0 saturated carbocycles. The summed E-state index contributed by atoms with van der Waals surface area (Å²) in [5.41, 5.74) is 0. The van der Waals surface area contributed by atoms with Crippen LogP contribution in [0.4, 0.5) is 51.8 Å². The summed E-state index contributed by atoms with van der Waals surface area (Å²) in [5, 5.41) is 0. The summed E-state index contributed by atoms with van der Waals surface area (Å²) in [5.74, 6) is 0. The molecular formula is C4H9B3F12K-3. The van der Waals surface area contributed by atoms with E-state index >= 15 is 0 Å². The van der Waals surface area contributed by atoms with E-state index in [0.717, 1.165) is 0 Å². The first-order chi connectivity index (χ1) is 7.91. The van der Waals surface area contributed by atoms with Crippen molar-refractivity contribution in [3.63, 3.8) is 0 Å². The molecule has 0 aliphatic heterocycles. The standard InChI is InChI=1S/C4H8.3BF4.K.H/c1-3-4-2;3*2-1(3,4)5;;/h3-4H,1-2H3;;;;;/q;3*-1;;. The molecule has 0 rings (SSSR count). The van der Waals surface area contributed by atoms with Crippen LogP contribution in [-0.2, 0) is 0 Å². The SMILES string of the molecule is CC=CC.F[B-](F)(F)F.F[B-](F)(F)F.F[B-](F)(F)F.[KH]. The van der Waals surface area contributed by atoms with E-state index < -0.39 is 21.8 Å². The molecule has 0 unspecified atom stereocenters. The molecule has 0 aromatic rings. The van der Waals surface area contributed by atoms with Crippen molar-refractivity contribution in [2.24, 2.45) is 0 Å². The zero-order valence-electron chi connectivity index (χ0n) is 9.42. The molecule has 0 fully saturated rings. The molecule has 0 nitrogen and oxygen atoms in total. The van der Waals surface area contributed by atoms with Crippen LogP contribution in [0.25, 0.3) is 0 Å². The van der Waals surface area contributed by atoms with E-state index in [9.17, 15) is 51.8 Å². The summed E-state index contributed by atoms with van der Waals surface area (Å²) >= 11 is 0. The Labute approximate surface area is 150 Å². The predicted octanol–water partition coefficient (Wildman–Crippen LogP) is 4.83. The van der Waals surface area contributed by atoms with Crippen LogP contribution in [0.15, 0.2) is 12.2 Å². The Morgan fingerprint density at radius 3 is 0.500 bits per heavy atom. The van der Waals surface area contributed by atoms with Crippen LogP contribution < -0.4 is 0 Å². The van der Waals surface area contributed by atoms with Crippen LogP contribution in [0, 0.1) is 0 Å². The van der Waals surface area contributed by atoms with Crippen molar-refractivity contribution < 1.29 is 51.8 Å². The molecule has 0 aromatic heterocycles. The van der Waals surface area contributed by atoms with Gasteiger partial charge < -0.3 is 51.8 Å². The van der Waals surface area contributed by atoms with Gasteiger partial charge in [-0.1, -0.05) is 12.2 Å². The summed E-state index contributed by atoms with van der Waals surface area (Å²) in [6, 6.07) is 0. The van der Waals surface area contributed by atoms with Gasteiger partial charge in [-0.25, -0.2) is 0 Å². The fourth-order valence-corrected chi connectivity index (χ4v) is 0. The van der Waals surface area contributed by atoms with Crippen molar-refractivity contribution in [1.29, 1.82) is 0 Å². The van der Waals surface area contributed by atoms with Gasteiger partial charge in [-0.15, -0.1) is 0 Å². The average molecular weight is 357 g/mol. The second-order valence-corrected chi connectivity index (χ2v) is 2.15. The molecule has 0 amide bonds. The predicted molar refractivity (Wildman–Crippen MR) is 58.2 cm³/mol. The van der Waals surface area contributed by atoms with Crippen molar-refractivity contribution in [2.75, 3.05) is 0 Å². The molecule has 0 heterocycles. The monoisotopic (exact) mass is 357 g/mol. The third-order valence-corrected chi connectivity index (χ3v) is 0.333. The third-order valence-electron chi connectivity index (χ3n) is 0.333. The van der Waals surface area contributed by atoms with E-state index in [-0.39, 0.29) is 51.4 Å². The maximum absolute atomic E-state index is 9.75. The van der Waals surface area contributed by atoms with Crippen molar-refractivity contribution >= 4 is 73.1 Å². The number of hydrogen-bond acceptors (Lipinski definition) is 0. The fourth-order valence-electron chi connectivity index (χ4n) is 0. The molecule has 0 radical (unpaired) electrons. The van der Waals surface area contributed by atoms with Gasteiger partial charge in [0.05, 0.1) is 0 Å². The molecule has 0 aromatic carbocycles. The topological polar surface area (TPSA) is 0 Å². The average Bonchev–Trinajstić information content (AvgIpc) is 1.93. The zero-order valence-corrected chi connectivity index (χ0v) is 9.42. The summed E-state index contributed by atoms with van der Waals surface area (Å²) in [6.07, 6.45) is 4.00. The van der Waals surface area contributed by atoms with Gasteiger partial charge in [0.25, 0.3) is 0 Å². The van der Waals surface area contributed by atoms with E-state index in [1.54, 1.807) is 0 Å². The molecule has 0 bridgehead atoms. The summed E-state index contributed by atoms with van der Waals surface area (Å²) in [6.45, 7) is 4.00. The zero-order chi connectivity index (χ0) is 16.9. The van der Waals surface area contributed by atoms with Gasteiger partial charge in [-0.2, -0.15) is 0 Å². The minimum atomic E-state index is -6.00. The first kappa shape index (κ1) is 32.6. The Morgan fingerprint density at radius 1 is 0.450 bits per heavy atom. The second kappa shape index (κ2) is 16.1. The van der Waals surface area contributed by atoms with Gasteiger partial charge >= 0.3 is 73.1 Å². The summed E-state index contributed by atoms with van der Waals surface area (Å²) in [7, 11) is -18.0. The van der Waals surface area contributed by atoms with Gasteiger partial charge in [0, 0.05) is 0 Å². The number of halogens is 12. The molecule has 122 valence electrons. The molecule has 0 saturated heterocycles. The van der Waals surface area contributed by atoms with Crippen LogP contribution in [0.2, 0.25) is 0 Å². The first-order valence-electron chi connectivity index (χ1n) is 4.11. The normalized spacial score (nSPS) is 10.9. The Morgan fingerprint density at radius 2 is 0.500 bits per heavy atom. The molecule has 16 heteroatoms. The number of allylic oxidation sites excluding steroid dienone is 2. The van der Waals surface area contributed by atoms with Crippen molar-refractivity contribution in [2.45, 2.75) is 13.8 Å². The van der Waals surface area contributed by atoms with Crippen molar-refractivity contribution in [3.05, 3.63) is 12.2 Å². The Balaban J connectivity index is -0.0000000494. The van der Waals surface area contributed by atoms with Crippen molar-refractivity contribution in [3.8, 4) is 0 Å². The second-order valence-electron chi connectivity index (χ2n) is 2.15. The maximum atomic E-state index is 9.75. The molecular weight excluding hydrogens is 348 g/mol. The van der Waals surface area contributed by atoms with E-state index in [4.69, 9.17) is 0 Å². The minimum absolute atomic E-state index is 0. The van der Waals surface area contributed by atoms with E-state index in [2.05, 4.69) is 0 Å². The molecule has 20 heavy (non-hydrogen) atoms. The van der Waals surface area contributed by atoms with Crippen LogP contribution in [0.5, 0.6) is 0 Å². The summed E-state index contributed by atoms with van der Waals surface area (Å²) in [4.78, 5) is 0. The van der Waals surface area contributed by atoms with Gasteiger partial charge in [0.1, 0.15) is 0 Å². The number of hydrogen-bond donors (Lipinski definition) is 0. The summed E-state index contributed by atoms with van der Waals surface area (Å²) < 4.78 is 117. The van der Waals surface area contributed by atoms with Crippen LogP contribution in [0.1, 0.15) is 13.8 Å². The van der Waals surface area contributed by atoms with Gasteiger partial charge in [-0.3, -0.25) is 0 Å². The molecule has 0 aliphatic carbocycles. The van der Waals surface area contributed by atoms with Crippen LogP contribution in [0.3, 0.4) is 0 Å². The van der Waals surface area contributed by atoms with Crippen molar-refractivity contribution in [1.82, 2.24) is 0 Å². The Hall–Kier alpha value is 0.731. The Bertz CT molecular complexity index is 156. The third kappa shape index (κ3) is 1960. The Kier molecular flexibility index (Phi) is 26.3. The molecule has 0 aliphatic rings. The van der Waals surface area contributed by atoms with E-state index in [1.807, 2.05) is 26.0 Å². The van der Waals surface area contributed by atoms with Crippen LogP contribution in [-0.4, -0.2) is 73.1 Å². The molecule has 0 N–H and O–H groups in total. The van der Waals surface area contributed by atoms with Gasteiger partial charge in [0.2, 0.25) is 0 Å². The van der Waals surface area contributed by atoms with Crippen LogP contribution >= 0.6 is 0 Å². The van der Waals surface area contributed by atoms with E-state index in [0.29, 0.717) is 0 Å². The van der Waals surface area contributed by atoms with Gasteiger partial charge in [0.15, 0.2) is 0 Å². The number of rotatable bonds is 0. The van der Waals surface area contributed by atoms with E-state index in [1.165, 1.54) is 0 Å². The fraction of sp³-hybridized carbons (Fsp3) is 0.500.